The molecule has 3 heterocycles. The summed E-state index contributed by atoms with van der Waals surface area (Å²) in [6, 6.07) is 9.58. The third-order valence-electron chi connectivity index (χ3n) is 6.19. The molecule has 0 radical (unpaired) electrons. The summed E-state index contributed by atoms with van der Waals surface area (Å²) < 4.78 is 10.1. The highest BCUT2D eigenvalue weighted by atomic mass is 32.2. The third-order valence-corrected chi connectivity index (χ3v) is 7.49. The van der Waals surface area contributed by atoms with E-state index in [1.807, 2.05) is 55.3 Å². The van der Waals surface area contributed by atoms with Gasteiger partial charge < -0.3 is 20.2 Å². The minimum absolute atomic E-state index is 0.0522. The summed E-state index contributed by atoms with van der Waals surface area (Å²) >= 11 is 1.53. The van der Waals surface area contributed by atoms with Crippen LogP contribution in [0.1, 0.15) is 44.4 Å². The molecule has 1 aromatic heterocycles. The minimum Gasteiger partial charge on any atom is -0.475 e. The average molecular weight is 500 g/mol. The molecule has 3 N–H and O–H groups in total. The first-order valence-corrected chi connectivity index (χ1v) is 13.1. The van der Waals surface area contributed by atoms with E-state index >= 15 is 0 Å². The Morgan fingerprint density at radius 3 is 2.83 bits per heavy atom. The van der Waals surface area contributed by atoms with Gasteiger partial charge in [-0.2, -0.15) is 0 Å². The number of carbonyl (C=O) groups is 2. The lowest BCUT2D eigenvalue weighted by Crippen LogP contribution is -2.43. The van der Waals surface area contributed by atoms with Crippen LogP contribution in [0.2, 0.25) is 0 Å². The van der Waals surface area contributed by atoms with E-state index in [-0.39, 0.29) is 30.6 Å². The zero-order valence-corrected chi connectivity index (χ0v) is 21.4. The van der Waals surface area contributed by atoms with Crippen molar-refractivity contribution in [3.63, 3.8) is 0 Å². The van der Waals surface area contributed by atoms with Gasteiger partial charge in [0.2, 0.25) is 11.8 Å². The average Bonchev–Trinajstić information content (AvgIpc) is 3.44. The summed E-state index contributed by atoms with van der Waals surface area (Å²) in [5, 5.41) is 3.11. The second-order valence-corrected chi connectivity index (χ2v) is 10.2. The number of esters is 1. The second-order valence-electron chi connectivity index (χ2n) is 9.02. The van der Waals surface area contributed by atoms with Crippen LogP contribution in [0.4, 0.5) is 11.4 Å². The molecule has 10 heteroatoms. The number of rotatable bonds is 9. The van der Waals surface area contributed by atoms with Crippen molar-refractivity contribution in [2.45, 2.75) is 44.1 Å². The lowest BCUT2D eigenvalue weighted by atomic mass is 10.00. The number of hydrazine groups is 1. The number of aromatic nitrogens is 1. The minimum atomic E-state index is -0.614. The Hall–Kier alpha value is -2.82. The van der Waals surface area contributed by atoms with E-state index in [0.29, 0.717) is 32.0 Å². The van der Waals surface area contributed by atoms with Crippen molar-refractivity contribution in [2.75, 3.05) is 43.2 Å². The van der Waals surface area contributed by atoms with Crippen molar-refractivity contribution in [3.8, 4) is 5.88 Å². The number of likely N-dealkylation sites (tertiary alicyclic amines) is 1. The van der Waals surface area contributed by atoms with E-state index in [4.69, 9.17) is 9.47 Å². The molecule has 9 nitrogen and oxygen atoms in total. The number of pyridine rings is 1. The quantitative estimate of drug-likeness (QED) is 0.449. The maximum Gasteiger partial charge on any atom is 0.320 e. The predicted molar refractivity (Wildman–Crippen MR) is 138 cm³/mol. The first-order chi connectivity index (χ1) is 16.8. The Bertz CT molecular complexity index is 1060. The maximum absolute atomic E-state index is 13.4. The lowest BCUT2D eigenvalue weighted by molar-refractivity contribution is -0.144. The van der Waals surface area contributed by atoms with Gasteiger partial charge in [-0.3, -0.25) is 14.5 Å². The number of hydrogen-bond donors (Lipinski definition) is 3. The van der Waals surface area contributed by atoms with Crippen molar-refractivity contribution < 1.29 is 19.1 Å². The van der Waals surface area contributed by atoms with Crippen molar-refractivity contribution in [1.82, 2.24) is 15.3 Å². The highest BCUT2D eigenvalue weighted by Crippen LogP contribution is 2.37. The first-order valence-electron chi connectivity index (χ1n) is 11.9. The zero-order chi connectivity index (χ0) is 25.0. The molecule has 2 aliphatic heterocycles. The van der Waals surface area contributed by atoms with E-state index < -0.39 is 4.75 Å². The molecule has 1 amide bonds. The van der Waals surface area contributed by atoms with Crippen molar-refractivity contribution in [3.05, 3.63) is 47.7 Å². The number of ether oxygens (including phenoxy) is 2. The zero-order valence-electron chi connectivity index (χ0n) is 20.6. The molecule has 4 rings (SSSR count). The fourth-order valence-corrected chi connectivity index (χ4v) is 5.27. The predicted octanol–water partition coefficient (Wildman–Crippen LogP) is 3.20. The lowest BCUT2D eigenvalue weighted by Gasteiger charge is -2.26. The second kappa shape index (κ2) is 10.8. The van der Waals surface area contributed by atoms with Crippen LogP contribution in [0.3, 0.4) is 0 Å². The number of fused-ring (bicyclic) bond motifs is 1. The number of hydrogen-bond acceptors (Lipinski definition) is 9. The Balaban J connectivity index is 1.45. The van der Waals surface area contributed by atoms with E-state index in [1.54, 1.807) is 13.1 Å². The molecule has 35 heavy (non-hydrogen) atoms. The van der Waals surface area contributed by atoms with Gasteiger partial charge in [-0.25, -0.2) is 10.4 Å². The molecule has 0 bridgehead atoms. The van der Waals surface area contributed by atoms with E-state index in [1.165, 1.54) is 11.8 Å². The summed E-state index contributed by atoms with van der Waals surface area (Å²) in [5.41, 5.74) is 10.2. The molecule has 0 aliphatic carbocycles. The molecule has 0 spiro atoms. The topological polar surface area (TPSA) is 105 Å². The smallest absolute Gasteiger partial charge is 0.320 e. The number of nitrogens with zero attached hydrogens (tertiary/aromatic N) is 2. The van der Waals surface area contributed by atoms with Gasteiger partial charge in [0, 0.05) is 36.6 Å². The number of anilines is 2. The Kier molecular flexibility index (Phi) is 7.83. The van der Waals surface area contributed by atoms with Crippen molar-refractivity contribution in [1.29, 1.82) is 0 Å². The molecule has 1 saturated heterocycles. The SMILES string of the molecule is CCOC(=O)CN1CC[C@@](SC)(C(=O)Nc2ccc3c(c2)C(c2ccc(OC(C)C)nc2)NN3)C1. The van der Waals surface area contributed by atoms with Gasteiger partial charge in [0.05, 0.1) is 31.0 Å². The molecule has 2 aliphatic rings. The molecule has 0 saturated carbocycles. The van der Waals surface area contributed by atoms with Crippen LogP contribution in [0, 0.1) is 0 Å². The summed E-state index contributed by atoms with van der Waals surface area (Å²) in [6.45, 7) is 7.47. The number of benzene rings is 1. The number of thioether (sulfide) groups is 1. The van der Waals surface area contributed by atoms with Crippen LogP contribution in [-0.2, 0) is 14.3 Å². The molecular formula is C25H33N5O4S. The van der Waals surface area contributed by atoms with Crippen LogP contribution in [0.25, 0.3) is 0 Å². The van der Waals surface area contributed by atoms with Gasteiger partial charge in [-0.05, 0) is 57.2 Å². The number of nitrogens with one attached hydrogen (secondary N) is 3. The normalized spacial score (nSPS) is 21.5. The summed E-state index contributed by atoms with van der Waals surface area (Å²) in [5.74, 6) is 0.281. The van der Waals surface area contributed by atoms with Gasteiger partial charge in [-0.15, -0.1) is 11.8 Å². The molecular weight excluding hydrogens is 466 g/mol. The number of carbonyl (C=O) groups excluding carboxylic acids is 2. The monoisotopic (exact) mass is 499 g/mol. The molecule has 1 aromatic carbocycles. The van der Waals surface area contributed by atoms with E-state index in [0.717, 1.165) is 22.5 Å². The highest BCUT2D eigenvalue weighted by Gasteiger charge is 2.44. The standard InChI is InChI=1S/C25H33N5O4S/c1-5-33-22(31)14-30-11-10-25(15-30,35-4)24(32)27-18-7-8-20-19(12-18)23(29-28-20)17-6-9-21(26-13-17)34-16(2)3/h6-9,12-13,16,23,28-29H,5,10-11,14-15H2,1-4H3,(H,27,32)/t23?,25-/m0/s1. The maximum atomic E-state index is 13.4. The Morgan fingerprint density at radius 2 is 2.14 bits per heavy atom. The molecule has 188 valence electrons. The van der Waals surface area contributed by atoms with Gasteiger partial charge in [0.25, 0.3) is 0 Å². The van der Waals surface area contributed by atoms with Gasteiger partial charge in [0.15, 0.2) is 0 Å². The largest absolute Gasteiger partial charge is 0.475 e. The summed E-state index contributed by atoms with van der Waals surface area (Å²) in [4.78, 5) is 31.7. The Morgan fingerprint density at radius 1 is 1.31 bits per heavy atom. The summed E-state index contributed by atoms with van der Waals surface area (Å²) in [7, 11) is 0. The van der Waals surface area contributed by atoms with Crippen LogP contribution in [-0.4, -0.2) is 65.1 Å². The van der Waals surface area contributed by atoms with Crippen LogP contribution < -0.4 is 20.9 Å². The van der Waals surface area contributed by atoms with Crippen LogP contribution in [0.15, 0.2) is 36.5 Å². The van der Waals surface area contributed by atoms with Gasteiger partial charge in [-0.1, -0.05) is 6.07 Å². The summed E-state index contributed by atoms with van der Waals surface area (Å²) in [6.07, 6.45) is 4.48. The molecule has 2 aromatic rings. The number of amides is 1. The van der Waals surface area contributed by atoms with Crippen molar-refractivity contribution >= 4 is 35.0 Å². The molecule has 1 fully saturated rings. The van der Waals surface area contributed by atoms with Gasteiger partial charge in [0.1, 0.15) is 4.75 Å². The molecule has 1 unspecified atom stereocenters. The Labute approximate surface area is 210 Å². The van der Waals surface area contributed by atoms with E-state index in [9.17, 15) is 9.59 Å². The van der Waals surface area contributed by atoms with Crippen LogP contribution >= 0.6 is 11.8 Å². The highest BCUT2D eigenvalue weighted by molar-refractivity contribution is 8.00. The third kappa shape index (κ3) is 5.71. The van der Waals surface area contributed by atoms with E-state index in [2.05, 4.69) is 21.2 Å². The van der Waals surface area contributed by atoms with Crippen LogP contribution in [0.5, 0.6) is 5.88 Å². The fourth-order valence-electron chi connectivity index (χ4n) is 4.43. The fraction of sp³-hybridized carbons (Fsp3) is 0.480. The first kappa shape index (κ1) is 25.3. The van der Waals surface area contributed by atoms with Gasteiger partial charge >= 0.3 is 5.97 Å². The molecule has 2 atom stereocenters. The van der Waals surface area contributed by atoms with Crippen molar-refractivity contribution in [2.24, 2.45) is 0 Å².